The van der Waals surface area contributed by atoms with Crippen LogP contribution in [0.15, 0.2) is 0 Å². The second-order valence-electron chi connectivity index (χ2n) is 5.33. The average Bonchev–Trinajstić information content (AvgIpc) is 2.34. The summed E-state index contributed by atoms with van der Waals surface area (Å²) in [7, 11) is 0. The predicted molar refractivity (Wildman–Crippen MR) is 50.2 cm³/mol. The Labute approximate surface area is 75.5 Å². The van der Waals surface area contributed by atoms with Gasteiger partial charge in [-0.15, -0.1) is 0 Å². The third-order valence-electron chi connectivity index (χ3n) is 3.50. The van der Waals surface area contributed by atoms with Crippen LogP contribution in [0, 0.1) is 5.41 Å². The molecule has 1 aliphatic heterocycles. The molecule has 2 rings (SSSR count). The molecule has 0 amide bonds. The number of rotatable bonds is 0. The van der Waals surface area contributed by atoms with Gasteiger partial charge in [-0.2, -0.15) is 0 Å². The van der Waals surface area contributed by atoms with Gasteiger partial charge in [0, 0.05) is 6.61 Å². The van der Waals surface area contributed by atoms with E-state index in [1.54, 1.807) is 0 Å². The van der Waals surface area contributed by atoms with E-state index in [-0.39, 0.29) is 0 Å². The standard InChI is InChI=1S/C11H20O/c1-10(2)7-8-12-11(9-10)5-3-4-6-11/h3-9H2,1-2H3. The fraction of sp³-hybridized carbons (Fsp3) is 1.00. The second-order valence-corrected chi connectivity index (χ2v) is 5.33. The molecular formula is C11H20O. The normalized spacial score (nSPS) is 32.5. The largest absolute Gasteiger partial charge is 0.375 e. The zero-order valence-electron chi connectivity index (χ0n) is 8.36. The smallest absolute Gasteiger partial charge is 0.0687 e. The molecule has 2 fully saturated rings. The number of hydrogen-bond acceptors (Lipinski definition) is 1. The summed E-state index contributed by atoms with van der Waals surface area (Å²) < 4.78 is 5.96. The summed E-state index contributed by atoms with van der Waals surface area (Å²) in [5.74, 6) is 0. The van der Waals surface area contributed by atoms with Crippen molar-refractivity contribution in [1.29, 1.82) is 0 Å². The summed E-state index contributed by atoms with van der Waals surface area (Å²) >= 11 is 0. The van der Waals surface area contributed by atoms with E-state index in [0.717, 1.165) is 6.61 Å². The lowest BCUT2D eigenvalue weighted by Crippen LogP contribution is -2.40. The number of hydrogen-bond donors (Lipinski definition) is 0. The van der Waals surface area contributed by atoms with Crippen molar-refractivity contribution in [2.75, 3.05) is 6.61 Å². The van der Waals surface area contributed by atoms with Crippen molar-refractivity contribution in [1.82, 2.24) is 0 Å². The molecule has 1 spiro atoms. The second kappa shape index (κ2) is 2.73. The van der Waals surface area contributed by atoms with E-state index >= 15 is 0 Å². The lowest BCUT2D eigenvalue weighted by molar-refractivity contribution is -0.113. The van der Waals surface area contributed by atoms with Gasteiger partial charge in [0.1, 0.15) is 0 Å². The first-order valence-electron chi connectivity index (χ1n) is 5.26. The summed E-state index contributed by atoms with van der Waals surface area (Å²) in [5.41, 5.74) is 0.838. The van der Waals surface area contributed by atoms with Gasteiger partial charge in [-0.1, -0.05) is 26.7 Å². The van der Waals surface area contributed by atoms with Crippen LogP contribution in [-0.4, -0.2) is 12.2 Å². The van der Waals surface area contributed by atoms with Crippen LogP contribution in [-0.2, 0) is 4.74 Å². The maximum Gasteiger partial charge on any atom is 0.0687 e. The molecular weight excluding hydrogens is 148 g/mol. The molecule has 1 saturated carbocycles. The minimum atomic E-state index is 0.307. The van der Waals surface area contributed by atoms with Crippen molar-refractivity contribution in [2.24, 2.45) is 5.41 Å². The zero-order chi connectivity index (χ0) is 8.66. The SMILES string of the molecule is CC1(C)CCOC2(CCCC2)C1. The molecule has 1 heterocycles. The lowest BCUT2D eigenvalue weighted by atomic mass is 9.75. The molecule has 0 radical (unpaired) electrons. The van der Waals surface area contributed by atoms with Crippen LogP contribution in [0.4, 0.5) is 0 Å². The van der Waals surface area contributed by atoms with Gasteiger partial charge in [0.05, 0.1) is 5.60 Å². The van der Waals surface area contributed by atoms with Gasteiger partial charge in [-0.05, 0) is 31.1 Å². The van der Waals surface area contributed by atoms with Crippen LogP contribution >= 0.6 is 0 Å². The Morgan fingerprint density at radius 1 is 1.00 bits per heavy atom. The Morgan fingerprint density at radius 3 is 2.25 bits per heavy atom. The van der Waals surface area contributed by atoms with E-state index < -0.39 is 0 Å². The first-order chi connectivity index (χ1) is 5.62. The molecule has 0 unspecified atom stereocenters. The lowest BCUT2D eigenvalue weighted by Gasteiger charge is -2.42. The van der Waals surface area contributed by atoms with Crippen LogP contribution in [0.3, 0.4) is 0 Å². The quantitative estimate of drug-likeness (QED) is 0.540. The molecule has 0 bridgehead atoms. The van der Waals surface area contributed by atoms with Crippen molar-refractivity contribution < 1.29 is 4.74 Å². The van der Waals surface area contributed by atoms with Gasteiger partial charge < -0.3 is 4.74 Å². The Morgan fingerprint density at radius 2 is 1.67 bits per heavy atom. The summed E-state index contributed by atoms with van der Waals surface area (Å²) in [6.45, 7) is 5.76. The first-order valence-corrected chi connectivity index (χ1v) is 5.26. The van der Waals surface area contributed by atoms with E-state index in [0.29, 0.717) is 11.0 Å². The van der Waals surface area contributed by atoms with Crippen molar-refractivity contribution >= 4 is 0 Å². The van der Waals surface area contributed by atoms with E-state index in [4.69, 9.17) is 4.74 Å². The molecule has 1 aliphatic carbocycles. The van der Waals surface area contributed by atoms with Gasteiger partial charge in [0.2, 0.25) is 0 Å². The molecule has 1 heteroatoms. The molecule has 0 aromatic heterocycles. The van der Waals surface area contributed by atoms with Gasteiger partial charge in [-0.3, -0.25) is 0 Å². The Kier molecular flexibility index (Phi) is 1.95. The Hall–Kier alpha value is -0.0400. The highest BCUT2D eigenvalue weighted by molar-refractivity contribution is 4.94. The highest BCUT2D eigenvalue weighted by Gasteiger charge is 2.42. The third kappa shape index (κ3) is 1.52. The summed E-state index contributed by atoms with van der Waals surface area (Å²) in [6, 6.07) is 0. The average molecular weight is 168 g/mol. The van der Waals surface area contributed by atoms with Crippen molar-refractivity contribution in [3.8, 4) is 0 Å². The first kappa shape index (κ1) is 8.55. The predicted octanol–water partition coefficient (Wildman–Crippen LogP) is 3.14. The van der Waals surface area contributed by atoms with E-state index in [1.807, 2.05) is 0 Å². The van der Waals surface area contributed by atoms with Crippen LogP contribution in [0.5, 0.6) is 0 Å². The zero-order valence-corrected chi connectivity index (χ0v) is 8.36. The Balaban J connectivity index is 2.07. The molecule has 1 nitrogen and oxygen atoms in total. The number of ether oxygens (including phenoxy) is 1. The van der Waals surface area contributed by atoms with Crippen molar-refractivity contribution in [2.45, 2.75) is 58.0 Å². The molecule has 2 aliphatic rings. The monoisotopic (exact) mass is 168 g/mol. The van der Waals surface area contributed by atoms with Crippen molar-refractivity contribution in [3.63, 3.8) is 0 Å². The van der Waals surface area contributed by atoms with Gasteiger partial charge in [0.25, 0.3) is 0 Å². The summed E-state index contributed by atoms with van der Waals surface area (Å²) in [5, 5.41) is 0. The maximum absolute atomic E-state index is 5.96. The molecule has 0 aromatic rings. The van der Waals surface area contributed by atoms with Crippen LogP contribution in [0.2, 0.25) is 0 Å². The Bertz CT molecular complexity index is 166. The molecule has 0 N–H and O–H groups in total. The van der Waals surface area contributed by atoms with Gasteiger partial charge in [-0.25, -0.2) is 0 Å². The molecule has 12 heavy (non-hydrogen) atoms. The van der Waals surface area contributed by atoms with E-state index in [2.05, 4.69) is 13.8 Å². The molecule has 1 saturated heterocycles. The highest BCUT2D eigenvalue weighted by atomic mass is 16.5. The topological polar surface area (TPSA) is 9.23 Å². The minimum absolute atomic E-state index is 0.307. The van der Waals surface area contributed by atoms with Gasteiger partial charge >= 0.3 is 0 Å². The molecule has 0 aromatic carbocycles. The maximum atomic E-state index is 5.96. The highest BCUT2D eigenvalue weighted by Crippen LogP contribution is 2.46. The summed E-state index contributed by atoms with van der Waals surface area (Å²) in [4.78, 5) is 0. The molecule has 70 valence electrons. The molecule has 0 atom stereocenters. The van der Waals surface area contributed by atoms with Gasteiger partial charge in [0.15, 0.2) is 0 Å². The van der Waals surface area contributed by atoms with E-state index in [1.165, 1.54) is 38.5 Å². The van der Waals surface area contributed by atoms with Crippen molar-refractivity contribution in [3.05, 3.63) is 0 Å². The van der Waals surface area contributed by atoms with Crippen LogP contribution in [0.1, 0.15) is 52.4 Å². The minimum Gasteiger partial charge on any atom is -0.375 e. The van der Waals surface area contributed by atoms with E-state index in [9.17, 15) is 0 Å². The summed E-state index contributed by atoms with van der Waals surface area (Å²) in [6.07, 6.45) is 7.94. The fourth-order valence-electron chi connectivity index (χ4n) is 2.90. The van der Waals surface area contributed by atoms with Crippen LogP contribution in [0.25, 0.3) is 0 Å². The van der Waals surface area contributed by atoms with Crippen LogP contribution < -0.4 is 0 Å². The third-order valence-corrected chi connectivity index (χ3v) is 3.50. The fourth-order valence-corrected chi connectivity index (χ4v) is 2.90.